The van der Waals surface area contributed by atoms with Crippen molar-refractivity contribution in [2.75, 3.05) is 17.2 Å². The lowest BCUT2D eigenvalue weighted by Crippen LogP contribution is -2.17. The van der Waals surface area contributed by atoms with E-state index in [-0.39, 0.29) is 5.91 Å². The van der Waals surface area contributed by atoms with E-state index in [1.807, 2.05) is 32.0 Å². The molecule has 2 rings (SSSR count). The van der Waals surface area contributed by atoms with Crippen LogP contribution in [0.25, 0.3) is 0 Å². The van der Waals surface area contributed by atoms with Gasteiger partial charge >= 0.3 is 0 Å². The predicted octanol–water partition coefficient (Wildman–Crippen LogP) is 5.05. The van der Waals surface area contributed by atoms with Crippen molar-refractivity contribution in [3.63, 3.8) is 0 Å². The zero-order valence-corrected chi connectivity index (χ0v) is 14.1. The Morgan fingerprint density at radius 3 is 2.45 bits per heavy atom. The fraction of sp³-hybridized carbons (Fsp3) is 0.235. The van der Waals surface area contributed by atoms with Crippen molar-refractivity contribution in [3.05, 3.63) is 57.6 Å². The lowest BCUT2D eigenvalue weighted by atomic mass is 10.1. The van der Waals surface area contributed by atoms with E-state index in [1.54, 1.807) is 18.2 Å². The first-order valence-corrected chi connectivity index (χ1v) is 7.78. The fourth-order valence-corrected chi connectivity index (χ4v) is 2.58. The van der Waals surface area contributed by atoms with Gasteiger partial charge in [0.05, 0.1) is 15.7 Å². The number of amides is 1. The number of benzene rings is 2. The molecule has 2 aromatic rings. The zero-order valence-electron chi connectivity index (χ0n) is 12.5. The minimum absolute atomic E-state index is 0.0515. The highest BCUT2D eigenvalue weighted by Crippen LogP contribution is 2.29. The van der Waals surface area contributed by atoms with E-state index in [0.717, 1.165) is 16.8 Å². The normalized spacial score (nSPS) is 10.4. The van der Waals surface area contributed by atoms with E-state index in [1.165, 1.54) is 0 Å². The summed E-state index contributed by atoms with van der Waals surface area (Å²) in [6, 6.07) is 11.3. The average Bonchev–Trinajstić information content (AvgIpc) is 2.46. The number of hydrogen-bond acceptors (Lipinski definition) is 2. The first-order valence-electron chi connectivity index (χ1n) is 7.02. The molecule has 2 aromatic carbocycles. The molecule has 116 valence electrons. The van der Waals surface area contributed by atoms with Crippen molar-refractivity contribution >= 4 is 40.5 Å². The summed E-state index contributed by atoms with van der Waals surface area (Å²) in [6.07, 6.45) is 0.328. The Morgan fingerprint density at radius 2 is 1.77 bits per heavy atom. The summed E-state index contributed by atoms with van der Waals surface area (Å²) in [5, 5.41) is 7.11. The number of halogens is 2. The van der Waals surface area contributed by atoms with Gasteiger partial charge in [0.25, 0.3) is 0 Å². The van der Waals surface area contributed by atoms with Crippen LogP contribution in [0.1, 0.15) is 17.5 Å². The maximum absolute atomic E-state index is 12.0. The number of carbonyl (C=O) groups excluding carboxylic acids is 1. The lowest BCUT2D eigenvalue weighted by molar-refractivity contribution is -0.115. The summed E-state index contributed by atoms with van der Waals surface area (Å²) in [5.41, 5.74) is 3.66. The molecule has 0 saturated heterocycles. The molecule has 0 bridgehead atoms. The number of anilines is 2. The molecule has 2 N–H and O–H groups in total. The zero-order chi connectivity index (χ0) is 16.1. The van der Waals surface area contributed by atoms with Crippen LogP contribution in [-0.2, 0) is 4.79 Å². The van der Waals surface area contributed by atoms with E-state index < -0.39 is 0 Å². The molecular formula is C17H18Cl2N2O. The quantitative estimate of drug-likeness (QED) is 0.801. The van der Waals surface area contributed by atoms with Gasteiger partial charge in [0, 0.05) is 18.7 Å². The third kappa shape index (κ3) is 4.39. The van der Waals surface area contributed by atoms with Crippen LogP contribution < -0.4 is 10.6 Å². The lowest BCUT2D eigenvalue weighted by Gasteiger charge is -2.12. The van der Waals surface area contributed by atoms with Crippen LogP contribution in [0.3, 0.4) is 0 Å². The summed E-state index contributed by atoms with van der Waals surface area (Å²) >= 11 is 12.1. The fourth-order valence-electron chi connectivity index (χ4n) is 2.05. The smallest absolute Gasteiger partial charge is 0.226 e. The molecular weight excluding hydrogens is 319 g/mol. The molecule has 22 heavy (non-hydrogen) atoms. The van der Waals surface area contributed by atoms with Gasteiger partial charge < -0.3 is 10.6 Å². The maximum atomic E-state index is 12.0. The van der Waals surface area contributed by atoms with Gasteiger partial charge in [-0.1, -0.05) is 41.4 Å². The van der Waals surface area contributed by atoms with Crippen molar-refractivity contribution in [3.8, 4) is 0 Å². The first kappa shape index (κ1) is 16.7. The Bertz CT molecular complexity index is 666. The third-order valence-electron chi connectivity index (χ3n) is 3.28. The van der Waals surface area contributed by atoms with Crippen molar-refractivity contribution in [1.82, 2.24) is 0 Å². The SMILES string of the molecule is Cc1ccc(C)c(NC(=O)CCNc2c(Cl)cccc2Cl)c1. The Kier molecular flexibility index (Phi) is 5.69. The molecule has 0 radical (unpaired) electrons. The molecule has 0 aromatic heterocycles. The molecule has 0 atom stereocenters. The van der Waals surface area contributed by atoms with Gasteiger partial charge in [0.1, 0.15) is 0 Å². The molecule has 0 aliphatic carbocycles. The second-order valence-corrected chi connectivity index (χ2v) is 5.95. The molecule has 0 aliphatic rings. The van der Waals surface area contributed by atoms with Gasteiger partial charge in [0.15, 0.2) is 0 Å². The average molecular weight is 337 g/mol. The van der Waals surface area contributed by atoms with Crippen molar-refractivity contribution in [2.24, 2.45) is 0 Å². The van der Waals surface area contributed by atoms with Gasteiger partial charge in [-0.25, -0.2) is 0 Å². The maximum Gasteiger partial charge on any atom is 0.226 e. The van der Waals surface area contributed by atoms with Gasteiger partial charge in [0.2, 0.25) is 5.91 Å². The molecule has 0 spiro atoms. The van der Waals surface area contributed by atoms with Crippen LogP contribution >= 0.6 is 23.2 Å². The second kappa shape index (κ2) is 7.52. The summed E-state index contributed by atoms with van der Waals surface area (Å²) < 4.78 is 0. The van der Waals surface area contributed by atoms with Gasteiger partial charge in [-0.05, 0) is 43.2 Å². The molecule has 5 heteroatoms. The highest BCUT2D eigenvalue weighted by atomic mass is 35.5. The van der Waals surface area contributed by atoms with Gasteiger partial charge in [-0.15, -0.1) is 0 Å². The standard InChI is InChI=1S/C17H18Cl2N2O/c1-11-6-7-12(2)15(10-11)21-16(22)8-9-20-17-13(18)4-3-5-14(17)19/h3-7,10,20H,8-9H2,1-2H3,(H,21,22). The van der Waals surface area contributed by atoms with Crippen LogP contribution in [0.5, 0.6) is 0 Å². The number of rotatable bonds is 5. The predicted molar refractivity (Wildman–Crippen MR) is 94.1 cm³/mol. The van der Waals surface area contributed by atoms with Gasteiger partial charge in [-0.3, -0.25) is 4.79 Å². The van der Waals surface area contributed by atoms with E-state index >= 15 is 0 Å². The summed E-state index contributed by atoms with van der Waals surface area (Å²) in [4.78, 5) is 12.0. The third-order valence-corrected chi connectivity index (χ3v) is 3.91. The molecule has 1 amide bonds. The molecule has 0 saturated carbocycles. The van der Waals surface area contributed by atoms with Gasteiger partial charge in [-0.2, -0.15) is 0 Å². The summed E-state index contributed by atoms with van der Waals surface area (Å²) in [5.74, 6) is -0.0515. The van der Waals surface area contributed by atoms with Crippen LogP contribution in [0.4, 0.5) is 11.4 Å². The van der Waals surface area contributed by atoms with Crippen LogP contribution in [0.15, 0.2) is 36.4 Å². The van der Waals surface area contributed by atoms with E-state index in [0.29, 0.717) is 28.7 Å². The van der Waals surface area contributed by atoms with E-state index in [2.05, 4.69) is 10.6 Å². The summed E-state index contributed by atoms with van der Waals surface area (Å²) in [7, 11) is 0. The number of carbonyl (C=O) groups is 1. The number of hydrogen-bond donors (Lipinski definition) is 2. The van der Waals surface area contributed by atoms with Crippen LogP contribution in [-0.4, -0.2) is 12.5 Å². The van der Waals surface area contributed by atoms with Crippen molar-refractivity contribution in [2.45, 2.75) is 20.3 Å². The molecule has 0 aliphatic heterocycles. The number of aryl methyl sites for hydroxylation is 2. The summed E-state index contributed by atoms with van der Waals surface area (Å²) in [6.45, 7) is 4.42. The topological polar surface area (TPSA) is 41.1 Å². The highest BCUT2D eigenvalue weighted by Gasteiger charge is 2.07. The van der Waals surface area contributed by atoms with Crippen LogP contribution in [0.2, 0.25) is 10.0 Å². The van der Waals surface area contributed by atoms with E-state index in [9.17, 15) is 4.79 Å². The monoisotopic (exact) mass is 336 g/mol. The molecule has 0 heterocycles. The number of nitrogens with one attached hydrogen (secondary N) is 2. The minimum Gasteiger partial charge on any atom is -0.382 e. The molecule has 3 nitrogen and oxygen atoms in total. The Morgan fingerprint density at radius 1 is 1.09 bits per heavy atom. The van der Waals surface area contributed by atoms with Crippen molar-refractivity contribution < 1.29 is 4.79 Å². The Balaban J connectivity index is 1.89. The second-order valence-electron chi connectivity index (χ2n) is 5.14. The minimum atomic E-state index is -0.0515. The number of para-hydroxylation sites is 1. The largest absolute Gasteiger partial charge is 0.382 e. The van der Waals surface area contributed by atoms with E-state index in [4.69, 9.17) is 23.2 Å². The molecule has 0 fully saturated rings. The van der Waals surface area contributed by atoms with Crippen LogP contribution in [0, 0.1) is 13.8 Å². The first-order chi connectivity index (χ1) is 10.5. The van der Waals surface area contributed by atoms with Crippen molar-refractivity contribution in [1.29, 1.82) is 0 Å². The Labute approximate surface area is 140 Å². The molecule has 0 unspecified atom stereocenters. The Hall–Kier alpha value is -1.71. The highest BCUT2D eigenvalue weighted by molar-refractivity contribution is 6.39.